The van der Waals surface area contributed by atoms with E-state index in [1.807, 2.05) is 20.2 Å². The molecule has 0 saturated heterocycles. The summed E-state index contributed by atoms with van der Waals surface area (Å²) in [6.45, 7) is 1.87. The maximum Gasteiger partial charge on any atom is 0.153 e. The van der Waals surface area contributed by atoms with E-state index in [0.29, 0.717) is 16.8 Å². The number of nitrogens with two attached hydrogens (primary N) is 1. The molecule has 2 heterocycles. The van der Waals surface area contributed by atoms with Gasteiger partial charge in [-0.1, -0.05) is 23.7 Å². The number of nitrogens with one attached hydrogen (secondary N) is 1. The smallest absolute Gasteiger partial charge is 0.153 e. The van der Waals surface area contributed by atoms with Gasteiger partial charge in [0.1, 0.15) is 5.82 Å². The zero-order valence-electron chi connectivity index (χ0n) is 11.5. The van der Waals surface area contributed by atoms with Crippen LogP contribution < -0.4 is 5.73 Å². The highest BCUT2D eigenvalue weighted by atomic mass is 35.5. The first-order valence-electron chi connectivity index (χ1n) is 6.28. The number of aromatic nitrogens is 4. The molecule has 0 spiro atoms. The summed E-state index contributed by atoms with van der Waals surface area (Å²) in [5.74, 6) is -0.301. The molecule has 3 N–H and O–H groups in total. The molecule has 0 bridgehead atoms. The lowest BCUT2D eigenvalue weighted by Crippen LogP contribution is -1.92. The van der Waals surface area contributed by atoms with Crippen molar-refractivity contribution >= 4 is 17.4 Å². The Morgan fingerprint density at radius 2 is 2.10 bits per heavy atom. The van der Waals surface area contributed by atoms with Gasteiger partial charge in [-0.2, -0.15) is 10.2 Å². The van der Waals surface area contributed by atoms with Crippen LogP contribution in [0.15, 0.2) is 24.4 Å². The lowest BCUT2D eigenvalue weighted by atomic mass is 10.0. The van der Waals surface area contributed by atoms with Gasteiger partial charge in [-0.25, -0.2) is 4.39 Å². The number of anilines is 1. The minimum atomic E-state index is -0.518. The van der Waals surface area contributed by atoms with E-state index in [1.54, 1.807) is 16.8 Å². The molecule has 5 nitrogen and oxygen atoms in total. The fraction of sp³-hybridized carbons (Fsp3) is 0.143. The van der Waals surface area contributed by atoms with Crippen molar-refractivity contribution in [2.45, 2.75) is 6.92 Å². The normalized spacial score (nSPS) is 11.0. The highest BCUT2D eigenvalue weighted by Crippen LogP contribution is 2.38. The van der Waals surface area contributed by atoms with Crippen LogP contribution in [0.1, 0.15) is 5.69 Å². The van der Waals surface area contributed by atoms with Crippen LogP contribution in [0.2, 0.25) is 5.02 Å². The predicted molar refractivity (Wildman–Crippen MR) is 80.3 cm³/mol. The maximum absolute atomic E-state index is 14.3. The average molecular weight is 306 g/mol. The maximum atomic E-state index is 14.3. The first kappa shape index (κ1) is 13.6. The molecule has 3 rings (SSSR count). The third-order valence-electron chi connectivity index (χ3n) is 3.30. The molecule has 0 radical (unpaired) electrons. The lowest BCUT2D eigenvalue weighted by Gasteiger charge is -2.06. The number of hydrogen-bond acceptors (Lipinski definition) is 3. The molecule has 0 atom stereocenters. The van der Waals surface area contributed by atoms with E-state index < -0.39 is 5.82 Å². The molecule has 0 aliphatic heterocycles. The van der Waals surface area contributed by atoms with Gasteiger partial charge in [0.05, 0.1) is 22.0 Å². The third kappa shape index (κ3) is 2.17. The fourth-order valence-corrected chi connectivity index (χ4v) is 2.54. The average Bonchev–Trinajstić information content (AvgIpc) is 2.96. The van der Waals surface area contributed by atoms with Crippen molar-refractivity contribution in [3.05, 3.63) is 40.9 Å². The quantitative estimate of drug-likeness (QED) is 0.764. The predicted octanol–water partition coefficient (Wildman–Crippen LogP) is 3.16. The Morgan fingerprint density at radius 3 is 2.76 bits per heavy atom. The molecule has 0 fully saturated rings. The first-order valence-corrected chi connectivity index (χ1v) is 6.65. The minimum Gasteiger partial charge on any atom is -0.382 e. The molecule has 0 aliphatic carbocycles. The molecule has 7 heteroatoms. The summed E-state index contributed by atoms with van der Waals surface area (Å²) in [5.41, 5.74) is 8.95. The van der Waals surface area contributed by atoms with Crippen LogP contribution in [-0.2, 0) is 7.05 Å². The molecule has 21 heavy (non-hydrogen) atoms. The number of nitrogens with zero attached hydrogens (tertiary/aromatic N) is 3. The van der Waals surface area contributed by atoms with Gasteiger partial charge >= 0.3 is 0 Å². The molecule has 1 aromatic carbocycles. The molecule has 2 aromatic heterocycles. The second-order valence-electron chi connectivity index (χ2n) is 4.76. The third-order valence-corrected chi connectivity index (χ3v) is 3.59. The number of hydrogen-bond donors (Lipinski definition) is 2. The largest absolute Gasteiger partial charge is 0.382 e. The van der Waals surface area contributed by atoms with E-state index in [4.69, 9.17) is 17.3 Å². The van der Waals surface area contributed by atoms with Crippen molar-refractivity contribution in [3.8, 4) is 22.4 Å². The van der Waals surface area contributed by atoms with Gasteiger partial charge in [0.25, 0.3) is 0 Å². The van der Waals surface area contributed by atoms with E-state index in [9.17, 15) is 4.39 Å². The fourth-order valence-electron chi connectivity index (χ4n) is 2.37. The molecular weight excluding hydrogens is 293 g/mol. The van der Waals surface area contributed by atoms with E-state index in [2.05, 4.69) is 15.3 Å². The Morgan fingerprint density at radius 1 is 1.33 bits per heavy atom. The summed E-state index contributed by atoms with van der Waals surface area (Å²) < 4.78 is 16.0. The Labute approximate surface area is 125 Å². The number of rotatable bonds is 2. The highest BCUT2D eigenvalue weighted by Gasteiger charge is 2.21. The van der Waals surface area contributed by atoms with Gasteiger partial charge < -0.3 is 5.73 Å². The second-order valence-corrected chi connectivity index (χ2v) is 5.17. The molecule has 0 amide bonds. The number of nitrogen functional groups attached to an aromatic ring is 1. The number of benzene rings is 1. The van der Waals surface area contributed by atoms with Crippen LogP contribution in [0.4, 0.5) is 10.2 Å². The molecule has 108 valence electrons. The van der Waals surface area contributed by atoms with Crippen molar-refractivity contribution < 1.29 is 4.39 Å². The summed E-state index contributed by atoms with van der Waals surface area (Å²) in [6.07, 6.45) is 1.83. The van der Waals surface area contributed by atoms with E-state index in [1.165, 1.54) is 6.07 Å². The van der Waals surface area contributed by atoms with Crippen LogP contribution in [0.3, 0.4) is 0 Å². The monoisotopic (exact) mass is 305 g/mol. The van der Waals surface area contributed by atoms with Crippen molar-refractivity contribution in [1.29, 1.82) is 0 Å². The Balaban J connectivity index is 2.27. The van der Waals surface area contributed by atoms with Crippen molar-refractivity contribution in [1.82, 2.24) is 20.0 Å². The molecule has 0 unspecified atom stereocenters. The summed E-state index contributed by atoms with van der Waals surface area (Å²) in [5, 5.41) is 11.2. The standard InChI is InChI=1S/C14H13ClFN5/c1-7-9(6-21(2)20-7)13-11(14(17)19-18-13)8-4-3-5-10(15)12(8)16/h3-6H,1-2H3,(H3,17,18,19). The Hall–Kier alpha value is -2.34. The Bertz CT molecular complexity index is 821. The summed E-state index contributed by atoms with van der Waals surface area (Å²) in [4.78, 5) is 0. The van der Waals surface area contributed by atoms with E-state index in [-0.39, 0.29) is 10.8 Å². The van der Waals surface area contributed by atoms with Crippen molar-refractivity contribution in [2.75, 3.05) is 5.73 Å². The van der Waals surface area contributed by atoms with Crippen LogP contribution in [0.5, 0.6) is 0 Å². The number of aromatic amines is 1. The zero-order valence-corrected chi connectivity index (χ0v) is 12.2. The number of aryl methyl sites for hydroxylation is 2. The summed E-state index contributed by atoms with van der Waals surface area (Å²) >= 11 is 5.85. The molecule has 0 aliphatic rings. The highest BCUT2D eigenvalue weighted by molar-refractivity contribution is 6.31. The molecule has 3 aromatic rings. The second kappa shape index (κ2) is 4.89. The van der Waals surface area contributed by atoms with Gasteiger partial charge in [0.2, 0.25) is 0 Å². The van der Waals surface area contributed by atoms with Gasteiger partial charge in [0.15, 0.2) is 5.82 Å². The lowest BCUT2D eigenvalue weighted by molar-refractivity contribution is 0.632. The van der Waals surface area contributed by atoms with Crippen LogP contribution >= 0.6 is 11.6 Å². The Kier molecular flexibility index (Phi) is 3.17. The summed E-state index contributed by atoms with van der Waals surface area (Å²) in [7, 11) is 1.82. The number of halogens is 2. The SMILES string of the molecule is Cc1nn(C)cc1-c1[nH]nc(N)c1-c1cccc(Cl)c1F. The molecule has 0 saturated carbocycles. The van der Waals surface area contributed by atoms with E-state index >= 15 is 0 Å². The summed E-state index contributed by atoms with van der Waals surface area (Å²) in [6, 6.07) is 4.79. The van der Waals surface area contributed by atoms with Gasteiger partial charge in [-0.15, -0.1) is 0 Å². The number of H-pyrrole nitrogens is 1. The minimum absolute atomic E-state index is 0.0435. The van der Waals surface area contributed by atoms with Gasteiger partial charge in [-0.05, 0) is 13.0 Å². The van der Waals surface area contributed by atoms with Gasteiger partial charge in [0, 0.05) is 24.4 Å². The topological polar surface area (TPSA) is 72.5 Å². The first-order chi connectivity index (χ1) is 9.99. The van der Waals surface area contributed by atoms with Crippen molar-refractivity contribution in [2.24, 2.45) is 7.05 Å². The van der Waals surface area contributed by atoms with Gasteiger partial charge in [-0.3, -0.25) is 9.78 Å². The van der Waals surface area contributed by atoms with Crippen LogP contribution in [0.25, 0.3) is 22.4 Å². The molecular formula is C14H13ClFN5. The van der Waals surface area contributed by atoms with Crippen molar-refractivity contribution in [3.63, 3.8) is 0 Å². The van der Waals surface area contributed by atoms with Crippen LogP contribution in [-0.4, -0.2) is 20.0 Å². The van der Waals surface area contributed by atoms with E-state index in [0.717, 1.165) is 11.3 Å². The zero-order chi connectivity index (χ0) is 15.1. The van der Waals surface area contributed by atoms with Crippen LogP contribution in [0, 0.1) is 12.7 Å².